The van der Waals surface area contributed by atoms with Gasteiger partial charge in [-0.15, -0.1) is 0 Å². The van der Waals surface area contributed by atoms with Crippen LogP contribution in [0.2, 0.25) is 0 Å². The minimum Gasteiger partial charge on any atom is -0.394 e. The predicted molar refractivity (Wildman–Crippen MR) is 241 cm³/mol. The fourth-order valence-electron chi connectivity index (χ4n) is 7.67. The van der Waals surface area contributed by atoms with Crippen molar-refractivity contribution in [2.24, 2.45) is 0 Å². The Kier molecular flexibility index (Phi) is 44.6. The first-order valence-corrected chi connectivity index (χ1v) is 24.7. The number of hydrogen-bond donors (Lipinski definition) is 4. The molecule has 0 aromatic rings. The summed E-state index contributed by atoms with van der Waals surface area (Å²) in [6.45, 7) is 4.19. The number of aliphatic hydroxyl groups excluding tert-OH is 3. The molecule has 3 unspecified atom stereocenters. The molecule has 0 bridgehead atoms. The molecule has 0 aliphatic rings. The second-order valence-corrected chi connectivity index (χ2v) is 17.0. The Morgan fingerprint density at radius 2 is 0.745 bits per heavy atom. The standard InChI is InChI=1S/C50H97NO4/c1-3-5-7-9-11-13-15-17-19-21-22-23-24-25-26-27-29-31-33-35-37-39-41-43-45-49(54)50(55)51-47(46-52)48(53)44-42-40-38-36-34-32-30-28-20-18-16-14-12-10-8-6-4-2/h34,36,42,44,47-49,52-54H,3-33,35,37-41,43,45-46H2,1-2H3,(H,51,55)/b36-34+,44-42+. The van der Waals surface area contributed by atoms with Crippen LogP contribution in [0.15, 0.2) is 24.3 Å². The van der Waals surface area contributed by atoms with Gasteiger partial charge in [0, 0.05) is 0 Å². The fraction of sp³-hybridized carbons (Fsp3) is 0.900. The summed E-state index contributed by atoms with van der Waals surface area (Å²) in [6, 6.07) is -0.811. The zero-order chi connectivity index (χ0) is 40.1. The van der Waals surface area contributed by atoms with E-state index in [4.69, 9.17) is 0 Å². The third-order valence-electron chi connectivity index (χ3n) is 11.5. The highest BCUT2D eigenvalue weighted by atomic mass is 16.3. The fourth-order valence-corrected chi connectivity index (χ4v) is 7.67. The van der Waals surface area contributed by atoms with Crippen LogP contribution in [0, 0.1) is 0 Å². The summed E-state index contributed by atoms with van der Waals surface area (Å²) >= 11 is 0. The van der Waals surface area contributed by atoms with Gasteiger partial charge in [-0.1, -0.05) is 256 Å². The van der Waals surface area contributed by atoms with Gasteiger partial charge >= 0.3 is 0 Å². The van der Waals surface area contributed by atoms with Crippen molar-refractivity contribution in [1.29, 1.82) is 0 Å². The van der Waals surface area contributed by atoms with E-state index in [1.54, 1.807) is 6.08 Å². The lowest BCUT2D eigenvalue weighted by atomic mass is 10.0. The smallest absolute Gasteiger partial charge is 0.249 e. The lowest BCUT2D eigenvalue weighted by Gasteiger charge is -2.21. The highest BCUT2D eigenvalue weighted by Crippen LogP contribution is 2.17. The molecule has 0 spiro atoms. The van der Waals surface area contributed by atoms with E-state index >= 15 is 0 Å². The van der Waals surface area contributed by atoms with Crippen molar-refractivity contribution in [3.63, 3.8) is 0 Å². The molecule has 3 atom stereocenters. The van der Waals surface area contributed by atoms with Crippen LogP contribution >= 0.6 is 0 Å². The lowest BCUT2D eigenvalue weighted by molar-refractivity contribution is -0.131. The van der Waals surface area contributed by atoms with Crippen LogP contribution in [0.1, 0.15) is 264 Å². The van der Waals surface area contributed by atoms with Crippen molar-refractivity contribution >= 4 is 5.91 Å². The van der Waals surface area contributed by atoms with Gasteiger partial charge in [0.1, 0.15) is 6.10 Å². The van der Waals surface area contributed by atoms with Gasteiger partial charge in [0.2, 0.25) is 5.91 Å². The number of carbonyl (C=O) groups is 1. The maximum Gasteiger partial charge on any atom is 0.249 e. The molecule has 326 valence electrons. The minimum absolute atomic E-state index is 0.373. The number of aliphatic hydroxyl groups is 3. The van der Waals surface area contributed by atoms with Crippen LogP contribution in [0.5, 0.6) is 0 Å². The van der Waals surface area contributed by atoms with E-state index < -0.39 is 24.2 Å². The Morgan fingerprint density at radius 3 is 1.11 bits per heavy atom. The van der Waals surface area contributed by atoms with Gasteiger partial charge in [-0.05, 0) is 32.1 Å². The zero-order valence-corrected chi connectivity index (χ0v) is 37.1. The molecule has 5 nitrogen and oxygen atoms in total. The van der Waals surface area contributed by atoms with Crippen molar-refractivity contribution in [1.82, 2.24) is 5.32 Å². The van der Waals surface area contributed by atoms with Gasteiger partial charge in [0.05, 0.1) is 18.8 Å². The van der Waals surface area contributed by atoms with E-state index in [1.165, 1.54) is 205 Å². The predicted octanol–water partition coefficient (Wildman–Crippen LogP) is 14.6. The first kappa shape index (κ1) is 53.8. The monoisotopic (exact) mass is 776 g/mol. The summed E-state index contributed by atoms with van der Waals surface area (Å²) in [7, 11) is 0. The van der Waals surface area contributed by atoms with Crippen molar-refractivity contribution in [2.75, 3.05) is 6.61 Å². The molecular weight excluding hydrogens is 679 g/mol. The molecule has 0 radical (unpaired) electrons. The first-order valence-electron chi connectivity index (χ1n) is 24.7. The summed E-state index contributed by atoms with van der Waals surface area (Å²) in [4.78, 5) is 12.5. The molecular formula is C50H97NO4. The average Bonchev–Trinajstić information content (AvgIpc) is 3.19. The Morgan fingerprint density at radius 1 is 0.436 bits per heavy atom. The molecule has 5 heteroatoms. The van der Waals surface area contributed by atoms with Crippen LogP contribution < -0.4 is 5.32 Å². The molecule has 0 aliphatic carbocycles. The number of allylic oxidation sites excluding steroid dienone is 3. The Bertz CT molecular complexity index is 814. The van der Waals surface area contributed by atoms with Crippen molar-refractivity contribution in [3.05, 3.63) is 24.3 Å². The van der Waals surface area contributed by atoms with E-state index in [2.05, 4.69) is 31.3 Å². The summed E-state index contributed by atoms with van der Waals surface area (Å²) in [5, 5.41) is 33.2. The van der Waals surface area contributed by atoms with Gasteiger partial charge in [0.25, 0.3) is 0 Å². The topological polar surface area (TPSA) is 89.8 Å². The van der Waals surface area contributed by atoms with Crippen LogP contribution in [-0.2, 0) is 4.79 Å². The molecule has 1 amide bonds. The number of rotatable bonds is 45. The Labute approximate surface area is 343 Å². The number of hydrogen-bond acceptors (Lipinski definition) is 4. The second kappa shape index (κ2) is 45.5. The van der Waals surface area contributed by atoms with E-state index in [1.807, 2.05) is 6.08 Å². The van der Waals surface area contributed by atoms with E-state index in [0.29, 0.717) is 6.42 Å². The maximum atomic E-state index is 12.5. The average molecular weight is 776 g/mol. The molecule has 0 saturated carbocycles. The van der Waals surface area contributed by atoms with Crippen LogP contribution in [0.4, 0.5) is 0 Å². The third kappa shape index (κ3) is 40.8. The number of nitrogens with one attached hydrogen (secondary N) is 1. The maximum absolute atomic E-state index is 12.5. The highest BCUT2D eigenvalue weighted by Gasteiger charge is 2.22. The first-order chi connectivity index (χ1) is 27.1. The number of amides is 1. The molecule has 55 heavy (non-hydrogen) atoms. The Balaban J connectivity index is 3.61. The van der Waals surface area contributed by atoms with Crippen molar-refractivity contribution in [3.8, 4) is 0 Å². The lowest BCUT2D eigenvalue weighted by Crippen LogP contribution is -2.48. The molecule has 0 heterocycles. The molecule has 0 aromatic carbocycles. The highest BCUT2D eigenvalue weighted by molar-refractivity contribution is 5.80. The zero-order valence-electron chi connectivity index (χ0n) is 37.1. The van der Waals surface area contributed by atoms with Gasteiger partial charge in [-0.2, -0.15) is 0 Å². The second-order valence-electron chi connectivity index (χ2n) is 17.0. The summed E-state index contributed by atoms with van der Waals surface area (Å²) in [5.74, 6) is -0.508. The van der Waals surface area contributed by atoms with Gasteiger partial charge < -0.3 is 20.6 Å². The van der Waals surface area contributed by atoms with Gasteiger partial charge in [0.15, 0.2) is 0 Å². The molecule has 0 aliphatic heterocycles. The van der Waals surface area contributed by atoms with Crippen LogP contribution in [0.25, 0.3) is 0 Å². The van der Waals surface area contributed by atoms with Crippen molar-refractivity contribution in [2.45, 2.75) is 283 Å². The molecule has 0 rings (SSSR count). The van der Waals surface area contributed by atoms with Crippen LogP contribution in [-0.4, -0.2) is 46.1 Å². The molecule has 0 saturated heterocycles. The van der Waals surface area contributed by atoms with Gasteiger partial charge in [-0.3, -0.25) is 4.79 Å². The normalized spacial score (nSPS) is 13.6. The van der Waals surface area contributed by atoms with E-state index in [-0.39, 0.29) is 6.61 Å². The summed E-state index contributed by atoms with van der Waals surface area (Å²) in [6.07, 6.45) is 56.6. The molecule has 0 aromatic heterocycles. The quantitative estimate of drug-likeness (QED) is 0.0366. The number of unbranched alkanes of at least 4 members (excludes halogenated alkanes) is 35. The molecule has 4 N–H and O–H groups in total. The summed E-state index contributed by atoms with van der Waals surface area (Å²) < 4.78 is 0. The van der Waals surface area contributed by atoms with Crippen molar-refractivity contribution < 1.29 is 20.1 Å². The van der Waals surface area contributed by atoms with E-state index in [0.717, 1.165) is 38.5 Å². The van der Waals surface area contributed by atoms with E-state index in [9.17, 15) is 20.1 Å². The van der Waals surface area contributed by atoms with Gasteiger partial charge in [-0.25, -0.2) is 0 Å². The third-order valence-corrected chi connectivity index (χ3v) is 11.5. The molecule has 0 fully saturated rings. The number of carbonyl (C=O) groups excluding carboxylic acids is 1. The minimum atomic E-state index is -1.10. The SMILES string of the molecule is CCCCCCCCCCCCC/C=C/CC/C=C/C(O)C(CO)NC(=O)C(O)CCCCCCCCCCCCCCCCCCCCCCCCCC. The van der Waals surface area contributed by atoms with Crippen LogP contribution in [0.3, 0.4) is 0 Å². The Hall–Kier alpha value is -1.17. The largest absolute Gasteiger partial charge is 0.394 e. The summed E-state index contributed by atoms with van der Waals surface area (Å²) in [5.41, 5.74) is 0.